The molecule has 390 valence electrons. The summed E-state index contributed by atoms with van der Waals surface area (Å²) in [5.74, 6) is -8.41. The van der Waals surface area contributed by atoms with Crippen LogP contribution in [-0.4, -0.2) is 127 Å². The summed E-state index contributed by atoms with van der Waals surface area (Å²) < 4.78 is 47.1. The quantitative estimate of drug-likeness (QED) is 0.0910. The second-order valence-corrected chi connectivity index (χ2v) is 21.8. The van der Waals surface area contributed by atoms with Crippen molar-refractivity contribution in [1.29, 1.82) is 0 Å². The molecule has 0 aromatic rings. The molecule has 1 saturated carbocycles. The van der Waals surface area contributed by atoms with Crippen molar-refractivity contribution in [3.8, 4) is 0 Å². The fourth-order valence-corrected chi connectivity index (χ4v) is 11.1. The fourth-order valence-electron chi connectivity index (χ4n) is 10.4. The number of Topliss-reactive ketones (excluding diaryl/α,β-unsaturated/α-hetero) is 3. The van der Waals surface area contributed by atoms with Crippen LogP contribution in [0.25, 0.3) is 0 Å². The predicted molar refractivity (Wildman–Crippen MR) is 260 cm³/mol. The van der Waals surface area contributed by atoms with Crippen molar-refractivity contribution in [3.63, 3.8) is 0 Å². The number of methoxy groups -OCH3 is 3. The Morgan fingerprint density at radius 3 is 2.23 bits per heavy atom. The van der Waals surface area contributed by atoms with Gasteiger partial charge in [-0.25, -0.2) is 15.8 Å². The third kappa shape index (κ3) is 16.1. The number of ketones is 3. The van der Waals surface area contributed by atoms with Crippen molar-refractivity contribution in [1.82, 2.24) is 4.90 Å². The van der Waals surface area contributed by atoms with Gasteiger partial charge >= 0.3 is 13.6 Å². The van der Waals surface area contributed by atoms with Gasteiger partial charge in [-0.05, 0) is 107 Å². The second kappa shape index (κ2) is 26.5. The van der Waals surface area contributed by atoms with Crippen LogP contribution >= 0.6 is 7.67 Å². The van der Waals surface area contributed by atoms with Crippen LogP contribution in [0.3, 0.4) is 0 Å². The number of fused-ring (bicyclic) bond motifs is 3. The lowest BCUT2D eigenvalue weighted by Crippen LogP contribution is -2.61. The maximum absolute atomic E-state index is 14.5. The first-order valence-corrected chi connectivity index (χ1v) is 26.5. The van der Waals surface area contributed by atoms with E-state index in [0.717, 1.165) is 5.57 Å². The van der Waals surface area contributed by atoms with Gasteiger partial charge in [0.05, 0.1) is 24.4 Å². The van der Waals surface area contributed by atoms with Crippen molar-refractivity contribution in [2.75, 3.05) is 27.9 Å². The highest BCUT2D eigenvalue weighted by molar-refractivity contribution is 7.53. The van der Waals surface area contributed by atoms with Gasteiger partial charge in [0.25, 0.3) is 11.7 Å². The van der Waals surface area contributed by atoms with E-state index < -0.39 is 104 Å². The molecule has 3 aliphatic heterocycles. The average molecular weight is 992 g/mol. The lowest BCUT2D eigenvalue weighted by molar-refractivity contribution is -0.265. The molecule has 0 spiro atoms. The predicted octanol–water partition coefficient (Wildman–Crippen LogP) is 6.23. The molecule has 0 aromatic heterocycles. The summed E-state index contributed by atoms with van der Waals surface area (Å²) in [5.41, 5.74) is 12.3. The molecule has 69 heavy (non-hydrogen) atoms. The number of aliphatic hydroxyl groups is 2. The Labute approximate surface area is 409 Å². The number of nitrogens with zero attached hydrogens (tertiary/aromatic N) is 1. The maximum atomic E-state index is 14.5. The smallest absolute Gasteiger partial charge is 0.335 e. The molecule has 3 fully saturated rings. The number of piperidine rings is 1. The van der Waals surface area contributed by atoms with Crippen LogP contribution in [0.4, 0.5) is 0 Å². The van der Waals surface area contributed by atoms with Gasteiger partial charge in [-0.3, -0.25) is 23.7 Å². The summed E-state index contributed by atoms with van der Waals surface area (Å²) in [5, 5.41) is 23.4. The minimum absolute atomic E-state index is 0.00261. The number of carbonyl (C=O) groups is 5. The van der Waals surface area contributed by atoms with Crippen LogP contribution in [0.5, 0.6) is 0 Å². The number of ether oxygens (including phenoxy) is 5. The van der Waals surface area contributed by atoms with Gasteiger partial charge in [-0.1, -0.05) is 71.1 Å². The van der Waals surface area contributed by atoms with Gasteiger partial charge in [-0.2, -0.15) is 0 Å². The molecule has 18 heteroatoms. The van der Waals surface area contributed by atoms with Gasteiger partial charge in [0.2, 0.25) is 5.79 Å². The largest absolute Gasteiger partial charge is 0.460 e. The SMILES string of the molecule is CO[C@H]1C[C@@H]2CC[C@@H](C)[C@@](O)(O2)C(=O)C(=O)N2CCCC[C@H]2C(=O)OC([C@H](C)C[C@@H]2CC[C@@H](OP(N)(N)=O)[C@H](OC)C2)CC(=O)[C@H](C)/C=C(\C)[C@@H](O)[C@@H](OC)C(=O)[C@H](C)C[C@H](C)/C=C/C=CC=C1C. The molecule has 0 radical (unpaired) electrons. The van der Waals surface area contributed by atoms with E-state index in [4.69, 9.17) is 39.2 Å². The minimum Gasteiger partial charge on any atom is -0.460 e. The first-order chi connectivity index (χ1) is 32.4. The van der Waals surface area contributed by atoms with Crippen molar-refractivity contribution in [3.05, 3.63) is 47.6 Å². The second-order valence-electron chi connectivity index (χ2n) is 20.3. The Morgan fingerprint density at radius 1 is 0.870 bits per heavy atom. The Bertz CT molecular complexity index is 1950. The van der Waals surface area contributed by atoms with E-state index >= 15 is 0 Å². The molecule has 2 bridgehead atoms. The van der Waals surface area contributed by atoms with Crippen LogP contribution < -0.4 is 11.0 Å². The van der Waals surface area contributed by atoms with Gasteiger partial charge in [-0.15, -0.1) is 0 Å². The number of allylic oxidation sites excluding steroid dienone is 6. The van der Waals surface area contributed by atoms with Gasteiger partial charge in [0, 0.05) is 58.5 Å². The van der Waals surface area contributed by atoms with Crippen molar-refractivity contribution in [2.24, 2.45) is 46.5 Å². The minimum atomic E-state index is -3.79. The highest BCUT2D eigenvalue weighted by atomic mass is 31.2. The topological polar surface area (TPSA) is 254 Å². The summed E-state index contributed by atoms with van der Waals surface area (Å²) >= 11 is 0. The zero-order chi connectivity index (χ0) is 51.4. The molecule has 1 unspecified atom stereocenters. The maximum Gasteiger partial charge on any atom is 0.335 e. The number of aliphatic hydroxyl groups excluding tert-OH is 1. The Kier molecular flexibility index (Phi) is 22.4. The number of amides is 1. The summed E-state index contributed by atoms with van der Waals surface area (Å²) in [6.45, 7) is 12.6. The van der Waals surface area contributed by atoms with Crippen LogP contribution in [0.15, 0.2) is 47.6 Å². The average Bonchev–Trinajstić information content (AvgIpc) is 3.30. The number of esters is 1. The molecule has 2 saturated heterocycles. The molecule has 17 nitrogen and oxygen atoms in total. The van der Waals surface area contributed by atoms with E-state index in [2.05, 4.69) is 0 Å². The molecule has 15 atom stereocenters. The van der Waals surface area contributed by atoms with E-state index in [1.54, 1.807) is 40.9 Å². The fraction of sp³-hybridized carbons (Fsp3) is 0.745. The number of cyclic esters (lactones) is 1. The number of hydrogen-bond acceptors (Lipinski definition) is 14. The van der Waals surface area contributed by atoms with E-state index in [0.29, 0.717) is 69.8 Å². The summed E-state index contributed by atoms with van der Waals surface area (Å²) in [7, 11) is 0.659. The van der Waals surface area contributed by atoms with Gasteiger partial charge < -0.3 is 43.3 Å². The summed E-state index contributed by atoms with van der Waals surface area (Å²) in [6, 6.07) is -1.18. The zero-order valence-electron chi connectivity index (χ0n) is 42.6. The van der Waals surface area contributed by atoms with Crippen molar-refractivity contribution in [2.45, 2.75) is 180 Å². The van der Waals surface area contributed by atoms with Crippen LogP contribution in [0, 0.1) is 35.5 Å². The Morgan fingerprint density at radius 2 is 1.58 bits per heavy atom. The van der Waals surface area contributed by atoms with Crippen molar-refractivity contribution >= 4 is 36.9 Å². The van der Waals surface area contributed by atoms with E-state index in [-0.39, 0.29) is 42.8 Å². The van der Waals surface area contributed by atoms with E-state index in [9.17, 15) is 38.8 Å². The van der Waals surface area contributed by atoms with Crippen LogP contribution in [0.2, 0.25) is 0 Å². The third-order valence-electron chi connectivity index (χ3n) is 14.8. The van der Waals surface area contributed by atoms with E-state index in [1.807, 2.05) is 51.2 Å². The molecule has 6 N–H and O–H groups in total. The zero-order valence-corrected chi connectivity index (χ0v) is 43.5. The molecule has 3 heterocycles. The molecule has 4 rings (SSSR count). The Hall–Kier alpha value is -3.22. The van der Waals surface area contributed by atoms with Crippen LogP contribution in [-0.2, 0) is 56.7 Å². The number of hydrogen-bond donors (Lipinski definition) is 4. The standard InChI is InChI=1S/C51H82N3O14P/c1-30-16-12-11-13-17-31(2)42(63-8)28-38-21-19-36(7)51(61,67-38)48(58)49(59)54-23-15-14-18-39(54)50(60)66-43(33(4)26-37-20-22-41(44(27-37)64-9)68-69(52,53)62)29-40(55)32(3)25-35(6)46(57)47(65-10)45(56)34(5)24-30/h11-13,16-17,25,30,32-34,36-39,41-44,46-47,57,61H,14-15,18-24,26-29H2,1-10H3,(H4,52,53,62)/b13-11?,16-12+,31-17?,35-25+/t30-,32-,33-,34-,36-,37+,38+,39+,41-,42+,43?,44-,46-,47+,51-/m1/s1. The highest BCUT2D eigenvalue weighted by Gasteiger charge is 2.53. The summed E-state index contributed by atoms with van der Waals surface area (Å²) in [6.07, 6.45) is 10.2. The first-order valence-electron chi connectivity index (χ1n) is 24.8. The number of rotatable bonds is 8. The summed E-state index contributed by atoms with van der Waals surface area (Å²) in [4.78, 5) is 72.1. The molecular weight excluding hydrogens is 910 g/mol. The lowest BCUT2D eigenvalue weighted by atomic mass is 9.78. The monoisotopic (exact) mass is 992 g/mol. The molecule has 4 aliphatic rings. The molecule has 1 amide bonds. The van der Waals surface area contributed by atoms with Crippen molar-refractivity contribution < 1.29 is 67.0 Å². The highest BCUT2D eigenvalue weighted by Crippen LogP contribution is 2.41. The van der Waals surface area contributed by atoms with Crippen LogP contribution in [0.1, 0.15) is 126 Å². The van der Waals surface area contributed by atoms with E-state index in [1.165, 1.54) is 19.1 Å². The normalized spacial score (nSPS) is 37.8. The number of carbonyl (C=O) groups excluding carboxylic acids is 5. The third-order valence-corrected chi connectivity index (χ3v) is 15.4. The lowest BCUT2D eigenvalue weighted by Gasteiger charge is -2.42. The van der Waals surface area contributed by atoms with Gasteiger partial charge in [0.1, 0.15) is 30.1 Å². The first kappa shape index (κ1) is 58.4. The molecular formula is C51H82N3O14P. The molecule has 1 aliphatic carbocycles. The van der Waals surface area contributed by atoms with Gasteiger partial charge in [0.15, 0.2) is 5.78 Å². The Balaban J connectivity index is 1.70. The molecule has 0 aromatic carbocycles. The number of nitrogens with two attached hydrogens (primary N) is 2.